The number of hydrogen-bond donors (Lipinski definition) is 2. The Bertz CT molecular complexity index is 982. The number of aryl methyl sites for hydroxylation is 1. The van der Waals surface area contributed by atoms with Crippen molar-refractivity contribution in [2.75, 3.05) is 10.6 Å². The fourth-order valence-electron chi connectivity index (χ4n) is 3.24. The summed E-state index contributed by atoms with van der Waals surface area (Å²) in [6, 6.07) is 24.2. The van der Waals surface area contributed by atoms with Gasteiger partial charge in [-0.1, -0.05) is 67.9 Å². The van der Waals surface area contributed by atoms with Gasteiger partial charge in [0.05, 0.1) is 0 Å². The maximum absolute atomic E-state index is 12.0. The summed E-state index contributed by atoms with van der Waals surface area (Å²) in [5.41, 5.74) is 5.22. The number of carbonyl (C=O) groups excluding carboxylic acids is 1. The first kappa shape index (κ1) is 21.4. The lowest BCUT2D eigenvalue weighted by Crippen LogP contribution is -2.14. The summed E-state index contributed by atoms with van der Waals surface area (Å²) in [6.07, 6.45) is 0.517. The highest BCUT2D eigenvalue weighted by Crippen LogP contribution is 2.22. The summed E-state index contributed by atoms with van der Waals surface area (Å²) in [5, 5.41) is 6.39. The zero-order valence-corrected chi connectivity index (χ0v) is 17.9. The third-order valence-corrected chi connectivity index (χ3v) is 4.67. The summed E-state index contributed by atoms with van der Waals surface area (Å²) in [6.45, 7) is 7.33. The van der Waals surface area contributed by atoms with Crippen molar-refractivity contribution in [3.63, 3.8) is 0 Å². The summed E-state index contributed by atoms with van der Waals surface area (Å²) < 4.78 is 6.08. The van der Waals surface area contributed by atoms with Gasteiger partial charge in [0, 0.05) is 29.9 Å². The summed E-state index contributed by atoms with van der Waals surface area (Å²) in [4.78, 5) is 12.0. The van der Waals surface area contributed by atoms with E-state index in [2.05, 4.69) is 47.9 Å². The molecule has 0 aliphatic rings. The maximum Gasteiger partial charge on any atom is 0.224 e. The second kappa shape index (κ2) is 10.5. The number of anilines is 2. The van der Waals surface area contributed by atoms with Gasteiger partial charge >= 0.3 is 0 Å². The van der Waals surface area contributed by atoms with E-state index in [0.717, 1.165) is 28.3 Å². The minimum Gasteiger partial charge on any atom is -0.489 e. The lowest BCUT2D eigenvalue weighted by Gasteiger charge is -2.14. The summed E-state index contributed by atoms with van der Waals surface area (Å²) >= 11 is 0. The van der Waals surface area contributed by atoms with Crippen molar-refractivity contribution < 1.29 is 9.53 Å². The van der Waals surface area contributed by atoms with Gasteiger partial charge in [0.15, 0.2) is 0 Å². The Balaban J connectivity index is 1.61. The number of benzene rings is 3. The van der Waals surface area contributed by atoms with Crippen LogP contribution in [0.15, 0.2) is 72.8 Å². The highest BCUT2D eigenvalue weighted by Gasteiger charge is 2.07. The van der Waals surface area contributed by atoms with Gasteiger partial charge in [-0.05, 0) is 42.7 Å². The molecule has 4 heteroatoms. The Labute approximate surface area is 179 Å². The largest absolute Gasteiger partial charge is 0.489 e. The standard InChI is InChI=1S/C26H30N2O2/c1-19(2)14-26(29)28-24-12-7-11-23(16-24)27-17-22-10-4-5-13-25(22)30-18-21-9-6-8-20(3)15-21/h4-13,15-16,19,27H,14,17-18H2,1-3H3,(H,28,29). The van der Waals surface area contributed by atoms with E-state index in [1.54, 1.807) is 0 Å². The lowest BCUT2D eigenvalue weighted by atomic mass is 10.1. The molecule has 0 aromatic heterocycles. The van der Waals surface area contributed by atoms with Crippen LogP contribution in [0.3, 0.4) is 0 Å². The topological polar surface area (TPSA) is 50.4 Å². The molecule has 0 saturated heterocycles. The average Bonchev–Trinajstić information content (AvgIpc) is 2.71. The van der Waals surface area contributed by atoms with Gasteiger partial charge in [-0.2, -0.15) is 0 Å². The van der Waals surface area contributed by atoms with E-state index in [0.29, 0.717) is 25.5 Å². The second-order valence-electron chi connectivity index (χ2n) is 7.97. The lowest BCUT2D eigenvalue weighted by molar-refractivity contribution is -0.116. The predicted octanol–water partition coefficient (Wildman–Crippen LogP) is 6.17. The molecule has 3 aromatic rings. The minimum absolute atomic E-state index is 0.0389. The molecule has 0 spiro atoms. The van der Waals surface area contributed by atoms with Crippen molar-refractivity contribution in [2.24, 2.45) is 5.92 Å². The molecule has 0 heterocycles. The number of ether oxygens (including phenoxy) is 1. The van der Waals surface area contributed by atoms with Gasteiger partial charge in [0.1, 0.15) is 12.4 Å². The van der Waals surface area contributed by atoms with Crippen LogP contribution in [-0.4, -0.2) is 5.91 Å². The van der Waals surface area contributed by atoms with Gasteiger partial charge in [-0.25, -0.2) is 0 Å². The molecule has 1 amide bonds. The van der Waals surface area contributed by atoms with E-state index >= 15 is 0 Å². The van der Waals surface area contributed by atoms with Crippen LogP contribution >= 0.6 is 0 Å². The molecule has 2 N–H and O–H groups in total. The quantitative estimate of drug-likeness (QED) is 0.450. The first-order chi connectivity index (χ1) is 14.5. The Morgan fingerprint density at radius 1 is 0.933 bits per heavy atom. The molecule has 0 radical (unpaired) electrons. The van der Waals surface area contributed by atoms with E-state index < -0.39 is 0 Å². The fraction of sp³-hybridized carbons (Fsp3) is 0.269. The normalized spacial score (nSPS) is 10.7. The van der Waals surface area contributed by atoms with E-state index in [9.17, 15) is 4.79 Å². The molecule has 0 aliphatic heterocycles. The minimum atomic E-state index is 0.0389. The third-order valence-electron chi connectivity index (χ3n) is 4.67. The number of para-hydroxylation sites is 1. The van der Waals surface area contributed by atoms with Crippen molar-refractivity contribution in [1.82, 2.24) is 0 Å². The van der Waals surface area contributed by atoms with Gasteiger partial charge in [-0.3, -0.25) is 4.79 Å². The molecule has 3 aromatic carbocycles. The fourth-order valence-corrected chi connectivity index (χ4v) is 3.24. The molecule has 0 saturated carbocycles. The van der Waals surface area contributed by atoms with E-state index in [1.807, 2.05) is 56.3 Å². The van der Waals surface area contributed by atoms with E-state index in [1.165, 1.54) is 5.56 Å². The van der Waals surface area contributed by atoms with Gasteiger partial charge in [-0.15, -0.1) is 0 Å². The highest BCUT2D eigenvalue weighted by molar-refractivity contribution is 5.91. The van der Waals surface area contributed by atoms with Crippen LogP contribution < -0.4 is 15.4 Å². The van der Waals surface area contributed by atoms with Crippen LogP contribution in [0, 0.1) is 12.8 Å². The molecule has 30 heavy (non-hydrogen) atoms. The van der Waals surface area contributed by atoms with Gasteiger partial charge < -0.3 is 15.4 Å². The predicted molar refractivity (Wildman–Crippen MR) is 124 cm³/mol. The molecular formula is C26H30N2O2. The van der Waals surface area contributed by atoms with Crippen molar-refractivity contribution in [3.8, 4) is 5.75 Å². The Hall–Kier alpha value is -3.27. The maximum atomic E-state index is 12.0. The van der Waals surface area contributed by atoms with Crippen LogP contribution in [0.4, 0.5) is 11.4 Å². The van der Waals surface area contributed by atoms with Crippen molar-refractivity contribution in [2.45, 2.75) is 40.3 Å². The smallest absolute Gasteiger partial charge is 0.224 e. The SMILES string of the molecule is Cc1cccc(COc2ccccc2CNc2cccc(NC(=O)CC(C)C)c2)c1. The first-order valence-corrected chi connectivity index (χ1v) is 10.4. The molecule has 0 bridgehead atoms. The zero-order valence-electron chi connectivity index (χ0n) is 17.9. The zero-order chi connectivity index (χ0) is 21.3. The highest BCUT2D eigenvalue weighted by atomic mass is 16.5. The average molecular weight is 403 g/mol. The molecular weight excluding hydrogens is 372 g/mol. The van der Waals surface area contributed by atoms with Crippen molar-refractivity contribution in [3.05, 3.63) is 89.5 Å². The third kappa shape index (κ3) is 6.66. The van der Waals surface area contributed by atoms with Crippen molar-refractivity contribution >= 4 is 17.3 Å². The number of nitrogens with one attached hydrogen (secondary N) is 2. The van der Waals surface area contributed by atoms with Gasteiger partial charge in [0.2, 0.25) is 5.91 Å². The molecule has 4 nitrogen and oxygen atoms in total. The molecule has 3 rings (SSSR count). The van der Waals surface area contributed by atoms with Crippen LogP contribution in [-0.2, 0) is 17.9 Å². The monoisotopic (exact) mass is 402 g/mol. The second-order valence-corrected chi connectivity index (χ2v) is 7.97. The number of amides is 1. The Morgan fingerprint density at radius 3 is 2.50 bits per heavy atom. The van der Waals surface area contributed by atoms with Gasteiger partial charge in [0.25, 0.3) is 0 Å². The molecule has 156 valence electrons. The first-order valence-electron chi connectivity index (χ1n) is 10.4. The summed E-state index contributed by atoms with van der Waals surface area (Å²) in [5.74, 6) is 1.24. The molecule has 0 unspecified atom stereocenters. The molecule has 0 fully saturated rings. The number of carbonyl (C=O) groups is 1. The van der Waals surface area contributed by atoms with Crippen LogP contribution in [0.2, 0.25) is 0 Å². The van der Waals surface area contributed by atoms with Crippen LogP contribution in [0.5, 0.6) is 5.75 Å². The number of rotatable bonds is 9. The molecule has 0 aliphatic carbocycles. The van der Waals surface area contributed by atoms with E-state index in [-0.39, 0.29) is 5.91 Å². The number of hydrogen-bond acceptors (Lipinski definition) is 3. The van der Waals surface area contributed by atoms with Crippen LogP contribution in [0.25, 0.3) is 0 Å². The Kier molecular flexibility index (Phi) is 7.50. The van der Waals surface area contributed by atoms with Crippen LogP contribution in [0.1, 0.15) is 37.0 Å². The molecule has 0 atom stereocenters. The summed E-state index contributed by atoms with van der Waals surface area (Å²) in [7, 11) is 0. The van der Waals surface area contributed by atoms with Crippen molar-refractivity contribution in [1.29, 1.82) is 0 Å². The van der Waals surface area contributed by atoms with E-state index in [4.69, 9.17) is 4.74 Å². The Morgan fingerprint density at radius 2 is 1.70 bits per heavy atom.